The molecule has 0 unspecified atom stereocenters. The van der Waals surface area contributed by atoms with Crippen LogP contribution in [0, 0.1) is 0 Å². The molecule has 6 aromatic carbocycles. The van der Waals surface area contributed by atoms with Gasteiger partial charge in [0, 0.05) is 80.5 Å². The summed E-state index contributed by atoms with van der Waals surface area (Å²) < 4.78 is 44.6. The van der Waals surface area contributed by atoms with Crippen molar-refractivity contribution in [2.45, 2.75) is 142 Å². The molecular weight excluding hydrogens is 1440 g/mol. The van der Waals surface area contributed by atoms with E-state index in [1.54, 1.807) is 53.9 Å². The predicted molar refractivity (Wildman–Crippen MR) is 417 cm³/mol. The molecule has 3 aliphatic rings. The first-order chi connectivity index (χ1) is 50.6. The number of carbonyl (C=O) groups excluding carboxylic acids is 5. The minimum absolute atomic E-state index is 0. The van der Waals surface area contributed by atoms with Crippen molar-refractivity contribution >= 4 is 60.1 Å². The Hall–Kier alpha value is -10.3. The quantitative estimate of drug-likeness (QED) is 0.0350. The van der Waals surface area contributed by atoms with Crippen molar-refractivity contribution in [2.24, 2.45) is 5.73 Å². The second-order valence-electron chi connectivity index (χ2n) is 28.4. The van der Waals surface area contributed by atoms with Gasteiger partial charge in [-0.15, -0.1) is 24.0 Å². The number of esters is 1. The SMILES string of the molecule is CC(C)(C)OC(=O)N1CCC(c2cc(C(=O)O)nn2-c2ccc(Oc3ccccc3)cc2)CC1.CC(C)(C)OC(=O)N1CCC(c2cc(C(N)=O)nn2-c2ccc(Oc3ccccc3)cc2)CC1.CCOC(=O)c1cc(C2CCN(C(=O)OC(C)(C)C)CC2)n(-c2ccc(Oc3ccccc3)cc2)n1.CCl.Cl.N.[Li+].[OH-]. The summed E-state index contributed by atoms with van der Waals surface area (Å²) in [5.41, 5.74) is 9.41. The number of benzene rings is 6. The Balaban J connectivity index is 0.000000287. The van der Waals surface area contributed by atoms with Crippen LogP contribution in [-0.4, -0.2) is 160 Å². The maximum Gasteiger partial charge on any atom is 1.00 e. The molecular formula is C81H100Cl2LiN11O15. The average Bonchev–Trinajstić information content (AvgIpc) is 1.65. The number of carboxylic acid groups (broad SMARTS) is 1. The zero-order chi connectivity index (χ0) is 76.3. The smallest absolute Gasteiger partial charge is 0.870 e. The summed E-state index contributed by atoms with van der Waals surface area (Å²) in [6.45, 7) is 22.1. The molecule has 9 aromatic rings. The number of primary amides is 1. The zero-order valence-electron chi connectivity index (χ0n) is 64.5. The van der Waals surface area contributed by atoms with Crippen LogP contribution in [0.5, 0.6) is 34.5 Å². The number of piperidine rings is 3. The van der Waals surface area contributed by atoms with E-state index in [1.165, 1.54) is 6.38 Å². The number of carboxylic acids is 1. The molecule has 3 fully saturated rings. The van der Waals surface area contributed by atoms with E-state index in [0.717, 1.165) is 77.1 Å². The number of nitrogens with two attached hydrogens (primary N) is 1. The Morgan fingerprint density at radius 3 is 0.927 bits per heavy atom. The summed E-state index contributed by atoms with van der Waals surface area (Å²) in [6, 6.07) is 56.3. The Bertz CT molecular complexity index is 4190. The topological polar surface area (TPSA) is 341 Å². The number of carbonyl (C=O) groups is 6. The van der Waals surface area contributed by atoms with Crippen molar-refractivity contribution in [3.8, 4) is 51.6 Å². The first-order valence-electron chi connectivity index (χ1n) is 35.4. The second kappa shape index (κ2) is 41.5. The van der Waals surface area contributed by atoms with Gasteiger partial charge in [-0.1, -0.05) is 54.6 Å². The third-order valence-electron chi connectivity index (χ3n) is 17.0. The fraction of sp³-hybridized carbons (Fsp3) is 0.370. The van der Waals surface area contributed by atoms with Crippen LogP contribution in [0.15, 0.2) is 182 Å². The summed E-state index contributed by atoms with van der Waals surface area (Å²) in [5.74, 6) is 2.54. The monoisotopic (exact) mass is 1540 g/mol. The molecule has 29 heteroatoms. The van der Waals surface area contributed by atoms with Crippen LogP contribution in [-0.2, 0) is 18.9 Å². The summed E-state index contributed by atoms with van der Waals surface area (Å²) in [4.78, 5) is 78.5. The van der Waals surface area contributed by atoms with E-state index in [1.807, 2.05) is 226 Å². The Kier molecular flexibility index (Phi) is 34.0. The van der Waals surface area contributed by atoms with Crippen LogP contribution in [0.3, 0.4) is 0 Å². The number of alkyl halides is 1. The molecule has 6 heterocycles. The van der Waals surface area contributed by atoms with Gasteiger partial charge in [0.1, 0.15) is 51.3 Å². The number of hydrogen-bond acceptors (Lipinski definition) is 18. The molecule has 26 nitrogen and oxygen atoms in total. The first kappa shape index (κ1) is 90.3. The van der Waals surface area contributed by atoms with E-state index in [4.69, 9.17) is 38.9 Å². The van der Waals surface area contributed by atoms with Gasteiger partial charge in [0.05, 0.1) is 23.7 Å². The van der Waals surface area contributed by atoms with Crippen molar-refractivity contribution in [1.29, 1.82) is 0 Å². The number of rotatable bonds is 16. The Morgan fingerprint density at radius 1 is 0.427 bits per heavy atom. The molecule has 584 valence electrons. The van der Waals surface area contributed by atoms with Gasteiger partial charge < -0.3 is 70.3 Å². The largest absolute Gasteiger partial charge is 1.00 e. The molecule has 4 amide bonds. The Morgan fingerprint density at radius 2 is 0.673 bits per heavy atom. The summed E-state index contributed by atoms with van der Waals surface area (Å²) >= 11 is 4.64. The summed E-state index contributed by atoms with van der Waals surface area (Å²) in [7, 11) is 0. The minimum atomic E-state index is -1.07. The normalized spacial score (nSPS) is 13.8. The fourth-order valence-corrected chi connectivity index (χ4v) is 12.1. The summed E-state index contributed by atoms with van der Waals surface area (Å²) in [6.07, 6.45) is 4.89. The third-order valence-corrected chi connectivity index (χ3v) is 17.0. The maximum absolute atomic E-state index is 12.5. The molecule has 0 spiro atoms. The van der Waals surface area contributed by atoms with Crippen LogP contribution < -0.4 is 45.0 Å². The molecule has 0 radical (unpaired) electrons. The molecule has 7 N–H and O–H groups in total. The van der Waals surface area contributed by atoms with Gasteiger partial charge in [-0.2, -0.15) is 15.3 Å². The molecule has 3 aliphatic heterocycles. The number of aromatic nitrogens is 6. The molecule has 0 saturated carbocycles. The van der Waals surface area contributed by atoms with Crippen LogP contribution in [0.4, 0.5) is 14.4 Å². The van der Waals surface area contributed by atoms with E-state index in [2.05, 4.69) is 26.9 Å². The van der Waals surface area contributed by atoms with Gasteiger partial charge in [-0.05, 0) is 235 Å². The third kappa shape index (κ3) is 25.9. The van der Waals surface area contributed by atoms with Crippen LogP contribution in [0.25, 0.3) is 17.1 Å². The second-order valence-corrected chi connectivity index (χ2v) is 28.4. The van der Waals surface area contributed by atoms with E-state index >= 15 is 0 Å². The predicted octanol–water partition coefficient (Wildman–Crippen LogP) is 14.6. The summed E-state index contributed by atoms with van der Waals surface area (Å²) in [5, 5.41) is 22.9. The van der Waals surface area contributed by atoms with Gasteiger partial charge in [-0.3, -0.25) is 4.79 Å². The molecule has 110 heavy (non-hydrogen) atoms. The van der Waals surface area contributed by atoms with E-state index < -0.39 is 34.6 Å². The van der Waals surface area contributed by atoms with E-state index in [-0.39, 0.29) is 103 Å². The number of amides is 4. The van der Waals surface area contributed by atoms with Crippen molar-refractivity contribution in [2.75, 3.05) is 52.3 Å². The van der Waals surface area contributed by atoms with Crippen molar-refractivity contribution in [3.05, 3.63) is 216 Å². The number of para-hydroxylation sites is 3. The average molecular weight is 1550 g/mol. The molecule has 3 aromatic heterocycles. The number of aromatic carboxylic acids is 1. The number of halogens is 2. The number of nitrogens with zero attached hydrogens (tertiary/aromatic N) is 9. The number of hydrogen-bond donors (Lipinski definition) is 3. The zero-order valence-corrected chi connectivity index (χ0v) is 66.1. The minimum Gasteiger partial charge on any atom is -0.870 e. The number of likely N-dealkylation sites (tertiary alicyclic amines) is 3. The molecule has 0 atom stereocenters. The first-order valence-corrected chi connectivity index (χ1v) is 36.2. The van der Waals surface area contributed by atoms with Gasteiger partial charge >= 0.3 is 49.1 Å². The van der Waals surface area contributed by atoms with Crippen molar-refractivity contribution < 1.29 is 91.4 Å². The van der Waals surface area contributed by atoms with Crippen molar-refractivity contribution in [3.63, 3.8) is 0 Å². The number of ether oxygens (including phenoxy) is 7. The van der Waals surface area contributed by atoms with Crippen LogP contribution in [0.2, 0.25) is 0 Å². The molecule has 3 saturated heterocycles. The maximum atomic E-state index is 12.5. The van der Waals surface area contributed by atoms with Crippen LogP contribution in [0.1, 0.15) is 174 Å². The van der Waals surface area contributed by atoms with Crippen LogP contribution >= 0.6 is 24.0 Å². The van der Waals surface area contributed by atoms with Gasteiger partial charge in [-0.25, -0.2) is 38.0 Å². The fourth-order valence-electron chi connectivity index (χ4n) is 12.1. The molecule has 12 rings (SSSR count). The molecule has 0 aliphatic carbocycles. The standard InChI is InChI=1S/C28H33N3O5.C26H30N4O4.C26H29N3O5.CH3Cl.ClH.Li.H3N.H2O/c1-5-34-26(32)24-19-25(20-15-17-30(18-16-20)27(33)36-28(2,3)4)31(29-24)21-11-13-23(14-12-21)35-22-9-7-6-8-10-22;1-26(2,3)34-25(32)29-15-13-18(14-16-29)23-17-22(24(27)31)28-30(23)19-9-11-21(12-10-19)33-20-7-5-4-6-8-20;1-26(2,3)34-25(32)28-15-13-18(14-16-28)23-17-22(24(30)31)27-29(23)19-9-11-21(12-10-19)33-20-7-5-4-6-8-20;1-2;;;;/h6-14,19-20H,5,15-18H2,1-4H3;4-12,17-18H,13-16H2,1-3H3,(H2,27,31);4-12,17-18H,13-16H2,1-3H3,(H,30,31);1H3;1H;;1H3;1H2/q;;;;;+1;;/p-1. The van der Waals surface area contributed by atoms with Crippen molar-refractivity contribution in [1.82, 2.24) is 50.2 Å². The Labute approximate surface area is 665 Å². The van der Waals surface area contributed by atoms with Gasteiger partial charge in [0.15, 0.2) is 17.1 Å². The van der Waals surface area contributed by atoms with Gasteiger partial charge in [0.2, 0.25) is 0 Å². The van der Waals surface area contributed by atoms with E-state index in [9.17, 15) is 33.9 Å². The molecule has 0 bridgehead atoms. The van der Waals surface area contributed by atoms with E-state index in [0.29, 0.717) is 69.4 Å². The van der Waals surface area contributed by atoms with Gasteiger partial charge in [0.25, 0.3) is 5.91 Å².